The Balaban J connectivity index is 1.43. The summed E-state index contributed by atoms with van der Waals surface area (Å²) in [4.78, 5) is 16.0. The Morgan fingerprint density at radius 3 is 1.76 bits per heavy atom. The molecule has 4 heteroatoms. The van der Waals surface area contributed by atoms with Gasteiger partial charge in [0.25, 0.3) is 0 Å². The second kappa shape index (κ2) is 9.03. The van der Waals surface area contributed by atoms with Gasteiger partial charge in [0.1, 0.15) is 0 Å². The Morgan fingerprint density at radius 2 is 1.28 bits per heavy atom. The number of hydrogen-bond acceptors (Lipinski definition) is 3. The maximum atomic E-state index is 11.0. The van der Waals surface area contributed by atoms with Gasteiger partial charge in [-0.05, 0) is 28.8 Å². The van der Waals surface area contributed by atoms with Crippen LogP contribution in [0.15, 0.2) is 84.9 Å². The van der Waals surface area contributed by atoms with Gasteiger partial charge < -0.3 is 5.11 Å². The molecule has 3 aromatic carbocycles. The highest BCUT2D eigenvalue weighted by atomic mass is 16.4. The van der Waals surface area contributed by atoms with Crippen molar-refractivity contribution in [2.45, 2.75) is 12.6 Å². The van der Waals surface area contributed by atoms with Crippen molar-refractivity contribution in [1.82, 2.24) is 9.80 Å². The van der Waals surface area contributed by atoms with Crippen LogP contribution in [0.25, 0.3) is 0 Å². The Morgan fingerprint density at radius 1 is 0.759 bits per heavy atom. The molecule has 0 aromatic heterocycles. The first-order valence-electron chi connectivity index (χ1n) is 10.1. The fourth-order valence-electron chi connectivity index (χ4n) is 4.08. The van der Waals surface area contributed by atoms with E-state index in [2.05, 4.69) is 70.5 Å². The standard InChI is InChI=1S/C25H26N2O2/c28-25(29)23-13-11-20(12-14-23)19-26-15-17-27(18-16-26)24(21-7-3-1-4-8-21)22-9-5-2-6-10-22/h1-14,24H,15-19H2,(H,28,29). The molecular formula is C25H26N2O2. The predicted octanol–water partition coefficient (Wildman–Crippen LogP) is 4.29. The molecule has 1 N–H and O–H groups in total. The third-order valence-corrected chi connectivity index (χ3v) is 5.61. The summed E-state index contributed by atoms with van der Waals surface area (Å²) in [7, 11) is 0. The Labute approximate surface area is 172 Å². The summed E-state index contributed by atoms with van der Waals surface area (Å²) in [5, 5.41) is 9.05. The minimum Gasteiger partial charge on any atom is -0.478 e. The normalized spacial score (nSPS) is 15.5. The molecule has 0 atom stereocenters. The predicted molar refractivity (Wildman–Crippen MR) is 115 cm³/mol. The topological polar surface area (TPSA) is 43.8 Å². The van der Waals surface area contributed by atoms with E-state index in [1.165, 1.54) is 11.1 Å². The number of rotatable bonds is 6. The summed E-state index contributed by atoms with van der Waals surface area (Å²) in [6.45, 7) is 4.85. The molecule has 29 heavy (non-hydrogen) atoms. The SMILES string of the molecule is O=C(O)c1ccc(CN2CCN(C(c3ccccc3)c3ccccc3)CC2)cc1. The zero-order valence-corrected chi connectivity index (χ0v) is 16.4. The number of carboxylic acid groups (broad SMARTS) is 1. The van der Waals surface area contributed by atoms with Crippen LogP contribution in [0.3, 0.4) is 0 Å². The molecule has 0 bridgehead atoms. The summed E-state index contributed by atoms with van der Waals surface area (Å²) >= 11 is 0. The molecule has 1 aliphatic heterocycles. The minimum atomic E-state index is -0.877. The number of hydrogen-bond donors (Lipinski definition) is 1. The van der Waals surface area contributed by atoms with Crippen LogP contribution in [0.1, 0.15) is 33.1 Å². The second-order valence-corrected chi connectivity index (χ2v) is 7.54. The molecule has 0 aliphatic carbocycles. The van der Waals surface area contributed by atoms with Crippen molar-refractivity contribution in [2.75, 3.05) is 26.2 Å². The molecule has 148 valence electrons. The molecule has 1 fully saturated rings. The van der Waals surface area contributed by atoms with E-state index in [1.807, 2.05) is 12.1 Å². The van der Waals surface area contributed by atoms with Gasteiger partial charge in [-0.1, -0.05) is 72.8 Å². The van der Waals surface area contributed by atoms with E-state index in [1.54, 1.807) is 12.1 Å². The molecule has 0 saturated carbocycles. The third kappa shape index (κ3) is 4.73. The summed E-state index contributed by atoms with van der Waals surface area (Å²) in [6, 6.07) is 29.0. The second-order valence-electron chi connectivity index (χ2n) is 7.54. The average Bonchev–Trinajstić information content (AvgIpc) is 2.77. The summed E-state index contributed by atoms with van der Waals surface area (Å²) in [5.74, 6) is -0.877. The van der Waals surface area contributed by atoms with Crippen molar-refractivity contribution in [3.8, 4) is 0 Å². The Bertz CT molecular complexity index is 879. The van der Waals surface area contributed by atoms with Crippen LogP contribution in [0.2, 0.25) is 0 Å². The van der Waals surface area contributed by atoms with Crippen LogP contribution < -0.4 is 0 Å². The minimum absolute atomic E-state index is 0.273. The molecule has 3 aromatic rings. The lowest BCUT2D eigenvalue weighted by Gasteiger charge is -2.39. The van der Waals surface area contributed by atoms with Crippen LogP contribution in [-0.2, 0) is 6.54 Å². The molecule has 0 spiro atoms. The van der Waals surface area contributed by atoms with Crippen LogP contribution in [-0.4, -0.2) is 47.1 Å². The quantitative estimate of drug-likeness (QED) is 0.686. The zero-order valence-electron chi connectivity index (χ0n) is 16.4. The maximum absolute atomic E-state index is 11.0. The van der Waals surface area contributed by atoms with Gasteiger partial charge in [0.15, 0.2) is 0 Å². The molecule has 0 unspecified atom stereocenters. The number of carbonyl (C=O) groups is 1. The van der Waals surface area contributed by atoms with Crippen molar-refractivity contribution in [2.24, 2.45) is 0 Å². The lowest BCUT2D eigenvalue weighted by atomic mass is 9.96. The van der Waals surface area contributed by atoms with Crippen LogP contribution >= 0.6 is 0 Å². The van der Waals surface area contributed by atoms with Gasteiger partial charge in [-0.25, -0.2) is 4.79 Å². The van der Waals surface area contributed by atoms with Gasteiger partial charge >= 0.3 is 5.97 Å². The van der Waals surface area contributed by atoms with Gasteiger partial charge in [0, 0.05) is 32.7 Å². The highest BCUT2D eigenvalue weighted by Gasteiger charge is 2.26. The van der Waals surface area contributed by atoms with Crippen LogP contribution in [0, 0.1) is 0 Å². The fourth-order valence-corrected chi connectivity index (χ4v) is 4.08. The number of aromatic carboxylic acids is 1. The number of nitrogens with zero attached hydrogens (tertiary/aromatic N) is 2. The van der Waals surface area contributed by atoms with Crippen LogP contribution in [0.4, 0.5) is 0 Å². The van der Waals surface area contributed by atoms with Crippen LogP contribution in [0.5, 0.6) is 0 Å². The summed E-state index contributed by atoms with van der Waals surface area (Å²) in [5.41, 5.74) is 4.16. The van der Waals surface area contributed by atoms with Crippen molar-refractivity contribution in [1.29, 1.82) is 0 Å². The average molecular weight is 386 g/mol. The largest absolute Gasteiger partial charge is 0.478 e. The molecular weight excluding hydrogens is 360 g/mol. The Kier molecular flexibility index (Phi) is 6.03. The first kappa shape index (κ1) is 19.4. The van der Waals surface area contributed by atoms with E-state index in [4.69, 9.17) is 5.11 Å². The van der Waals surface area contributed by atoms with Crippen molar-refractivity contribution >= 4 is 5.97 Å². The zero-order chi connectivity index (χ0) is 20.1. The smallest absolute Gasteiger partial charge is 0.335 e. The summed E-state index contributed by atoms with van der Waals surface area (Å²) < 4.78 is 0. The highest BCUT2D eigenvalue weighted by molar-refractivity contribution is 5.87. The lowest BCUT2D eigenvalue weighted by Crippen LogP contribution is -2.47. The lowest BCUT2D eigenvalue weighted by molar-refractivity contribution is 0.0697. The summed E-state index contributed by atoms with van der Waals surface area (Å²) in [6.07, 6.45) is 0. The van der Waals surface area contributed by atoms with E-state index in [9.17, 15) is 4.79 Å². The van der Waals surface area contributed by atoms with Gasteiger partial charge in [-0.3, -0.25) is 9.80 Å². The molecule has 4 rings (SSSR count). The molecule has 1 aliphatic rings. The first-order chi connectivity index (χ1) is 14.2. The van der Waals surface area contributed by atoms with E-state index in [0.717, 1.165) is 38.3 Å². The van der Waals surface area contributed by atoms with Crippen molar-refractivity contribution in [3.63, 3.8) is 0 Å². The Hall–Kier alpha value is -2.95. The molecule has 1 saturated heterocycles. The maximum Gasteiger partial charge on any atom is 0.335 e. The van der Waals surface area contributed by atoms with E-state index >= 15 is 0 Å². The molecule has 4 nitrogen and oxygen atoms in total. The monoisotopic (exact) mass is 386 g/mol. The number of benzene rings is 3. The molecule has 0 amide bonds. The fraction of sp³-hybridized carbons (Fsp3) is 0.240. The van der Waals surface area contributed by atoms with Gasteiger partial charge in [-0.2, -0.15) is 0 Å². The van der Waals surface area contributed by atoms with E-state index in [0.29, 0.717) is 5.56 Å². The molecule has 0 radical (unpaired) electrons. The van der Waals surface area contributed by atoms with Crippen molar-refractivity contribution in [3.05, 3.63) is 107 Å². The van der Waals surface area contributed by atoms with Gasteiger partial charge in [-0.15, -0.1) is 0 Å². The number of carboxylic acids is 1. The molecule has 1 heterocycles. The van der Waals surface area contributed by atoms with E-state index < -0.39 is 5.97 Å². The number of piperazine rings is 1. The third-order valence-electron chi connectivity index (χ3n) is 5.61. The highest BCUT2D eigenvalue weighted by Crippen LogP contribution is 2.29. The van der Waals surface area contributed by atoms with Gasteiger partial charge in [0.2, 0.25) is 0 Å². The van der Waals surface area contributed by atoms with Gasteiger partial charge in [0.05, 0.1) is 11.6 Å². The van der Waals surface area contributed by atoms with Crippen molar-refractivity contribution < 1.29 is 9.90 Å². The first-order valence-corrected chi connectivity index (χ1v) is 10.1. The van der Waals surface area contributed by atoms with E-state index in [-0.39, 0.29) is 6.04 Å².